The van der Waals surface area contributed by atoms with Gasteiger partial charge in [0.25, 0.3) is 5.91 Å². The van der Waals surface area contributed by atoms with Gasteiger partial charge in [0.1, 0.15) is 0 Å². The maximum Gasteiger partial charge on any atom is 0.387 e. The Hall–Kier alpha value is -2.81. The lowest BCUT2D eigenvalue weighted by atomic mass is 10.2. The molecule has 0 saturated heterocycles. The number of ether oxygens (including phenoxy) is 2. The molecule has 0 saturated carbocycles. The lowest BCUT2D eigenvalue weighted by molar-refractivity contribution is -0.120. The summed E-state index contributed by atoms with van der Waals surface area (Å²) in [5.41, 5.74) is 0.158. The van der Waals surface area contributed by atoms with Gasteiger partial charge in [-0.15, -0.1) is 11.8 Å². The average molecular weight is 410 g/mol. The molecule has 2 aromatic rings. The van der Waals surface area contributed by atoms with Crippen molar-refractivity contribution in [1.29, 1.82) is 0 Å². The summed E-state index contributed by atoms with van der Waals surface area (Å²) in [6, 6.07) is 13.6. The Morgan fingerprint density at radius 2 is 1.82 bits per heavy atom. The van der Waals surface area contributed by atoms with Gasteiger partial charge in [-0.1, -0.05) is 18.2 Å². The zero-order valence-corrected chi connectivity index (χ0v) is 15.9. The highest BCUT2D eigenvalue weighted by molar-refractivity contribution is 7.99. The van der Waals surface area contributed by atoms with Crippen LogP contribution in [0.1, 0.15) is 10.4 Å². The summed E-state index contributed by atoms with van der Waals surface area (Å²) in [7, 11) is 1.27. The van der Waals surface area contributed by atoms with E-state index in [0.29, 0.717) is 12.3 Å². The van der Waals surface area contributed by atoms with Crippen molar-refractivity contribution in [3.8, 4) is 11.5 Å². The second-order valence-electron chi connectivity index (χ2n) is 5.44. The predicted octanol–water partition coefficient (Wildman–Crippen LogP) is 2.93. The minimum atomic E-state index is -3.00. The van der Waals surface area contributed by atoms with Gasteiger partial charge in [0.15, 0.2) is 11.5 Å². The zero-order chi connectivity index (χ0) is 20.4. The van der Waals surface area contributed by atoms with E-state index in [1.165, 1.54) is 25.3 Å². The van der Waals surface area contributed by atoms with Gasteiger partial charge in [0, 0.05) is 22.8 Å². The fourth-order valence-electron chi connectivity index (χ4n) is 2.20. The molecule has 0 bridgehead atoms. The quantitative estimate of drug-likeness (QED) is 0.465. The van der Waals surface area contributed by atoms with Crippen molar-refractivity contribution in [1.82, 2.24) is 10.6 Å². The third-order valence-electron chi connectivity index (χ3n) is 3.49. The Bertz CT molecular complexity index is 791. The molecule has 2 N–H and O–H groups in total. The molecular weight excluding hydrogens is 390 g/mol. The third kappa shape index (κ3) is 7.07. The van der Waals surface area contributed by atoms with Crippen molar-refractivity contribution in [2.45, 2.75) is 11.5 Å². The van der Waals surface area contributed by atoms with E-state index in [2.05, 4.69) is 15.4 Å². The fraction of sp³-hybridized carbons (Fsp3) is 0.263. The summed E-state index contributed by atoms with van der Waals surface area (Å²) in [6.07, 6.45) is 0. The number of carbonyl (C=O) groups is 2. The number of thioether (sulfide) groups is 1. The molecule has 0 unspecified atom stereocenters. The van der Waals surface area contributed by atoms with Crippen LogP contribution in [0, 0.1) is 0 Å². The van der Waals surface area contributed by atoms with Crippen molar-refractivity contribution in [2.24, 2.45) is 0 Å². The Morgan fingerprint density at radius 3 is 2.50 bits per heavy atom. The normalized spacial score (nSPS) is 10.4. The Kier molecular flexibility index (Phi) is 8.54. The SMILES string of the molecule is COc1cc(C(=O)NCC(=O)NCCSc2ccccc2)ccc1OC(F)F. The van der Waals surface area contributed by atoms with Crippen LogP contribution in [0.5, 0.6) is 11.5 Å². The van der Waals surface area contributed by atoms with Gasteiger partial charge in [-0.2, -0.15) is 8.78 Å². The first-order valence-electron chi connectivity index (χ1n) is 8.35. The van der Waals surface area contributed by atoms with E-state index in [9.17, 15) is 18.4 Å². The van der Waals surface area contributed by atoms with Gasteiger partial charge in [-0.05, 0) is 30.3 Å². The number of alkyl halides is 2. The van der Waals surface area contributed by atoms with Crippen LogP contribution in [0.25, 0.3) is 0 Å². The van der Waals surface area contributed by atoms with Gasteiger partial charge in [0.05, 0.1) is 13.7 Å². The number of amides is 2. The molecule has 0 radical (unpaired) electrons. The lowest BCUT2D eigenvalue weighted by Crippen LogP contribution is -2.37. The van der Waals surface area contributed by atoms with Crippen molar-refractivity contribution in [2.75, 3.05) is 26.0 Å². The Morgan fingerprint density at radius 1 is 1.07 bits per heavy atom. The first-order valence-corrected chi connectivity index (χ1v) is 9.33. The second kappa shape index (κ2) is 11.1. The fourth-order valence-corrected chi connectivity index (χ4v) is 2.99. The van der Waals surface area contributed by atoms with Crippen LogP contribution in [0.15, 0.2) is 53.4 Å². The predicted molar refractivity (Wildman–Crippen MR) is 102 cm³/mol. The first kappa shape index (κ1) is 21.5. The van der Waals surface area contributed by atoms with Crippen molar-refractivity contribution < 1.29 is 27.8 Å². The molecule has 150 valence electrons. The highest BCUT2D eigenvalue weighted by atomic mass is 32.2. The number of benzene rings is 2. The van der Waals surface area contributed by atoms with Crippen molar-refractivity contribution in [3.63, 3.8) is 0 Å². The van der Waals surface area contributed by atoms with Gasteiger partial charge >= 0.3 is 6.61 Å². The van der Waals surface area contributed by atoms with E-state index in [-0.39, 0.29) is 29.5 Å². The molecule has 0 atom stereocenters. The van der Waals surface area contributed by atoms with Crippen molar-refractivity contribution in [3.05, 3.63) is 54.1 Å². The summed E-state index contributed by atoms with van der Waals surface area (Å²) >= 11 is 1.61. The molecule has 9 heteroatoms. The maximum atomic E-state index is 12.3. The summed E-state index contributed by atoms with van der Waals surface area (Å²) < 4.78 is 33.9. The van der Waals surface area contributed by atoms with Gasteiger partial charge in [0.2, 0.25) is 5.91 Å². The molecule has 0 aliphatic carbocycles. The Labute approximate surface area is 165 Å². The summed E-state index contributed by atoms with van der Waals surface area (Å²) in [5.74, 6) is -0.340. The number of hydrogen-bond donors (Lipinski definition) is 2. The number of hydrogen-bond acceptors (Lipinski definition) is 5. The topological polar surface area (TPSA) is 76.7 Å². The molecular formula is C19H20F2N2O4S. The molecule has 0 heterocycles. The molecule has 6 nitrogen and oxygen atoms in total. The van der Waals surface area contributed by atoms with Gasteiger partial charge < -0.3 is 20.1 Å². The molecule has 2 aromatic carbocycles. The zero-order valence-electron chi connectivity index (χ0n) is 15.1. The van der Waals surface area contributed by atoms with E-state index in [1.807, 2.05) is 30.3 Å². The standard InChI is InChI=1S/C19H20F2N2O4S/c1-26-16-11-13(7-8-15(16)27-19(20)21)18(25)23-12-17(24)22-9-10-28-14-5-3-2-4-6-14/h2-8,11,19H,9-10,12H2,1H3,(H,22,24)(H,23,25). The van der Waals surface area contributed by atoms with Crippen molar-refractivity contribution >= 4 is 23.6 Å². The van der Waals surface area contributed by atoms with Crippen LogP contribution in [0.2, 0.25) is 0 Å². The number of rotatable bonds is 10. The third-order valence-corrected chi connectivity index (χ3v) is 4.50. The van der Waals surface area contributed by atoms with Crippen LogP contribution >= 0.6 is 11.8 Å². The van der Waals surface area contributed by atoms with Gasteiger partial charge in [-0.25, -0.2) is 0 Å². The van der Waals surface area contributed by atoms with Crippen LogP contribution in [-0.4, -0.2) is 44.4 Å². The van der Waals surface area contributed by atoms with E-state index < -0.39 is 12.5 Å². The molecule has 0 fully saturated rings. The number of methoxy groups -OCH3 is 1. The lowest BCUT2D eigenvalue weighted by Gasteiger charge is -2.11. The largest absolute Gasteiger partial charge is 0.493 e. The molecule has 0 spiro atoms. The summed E-state index contributed by atoms with van der Waals surface area (Å²) in [4.78, 5) is 25.1. The number of carbonyl (C=O) groups excluding carboxylic acids is 2. The number of nitrogens with one attached hydrogen (secondary N) is 2. The van der Waals surface area contributed by atoms with Crippen LogP contribution in [-0.2, 0) is 4.79 Å². The minimum absolute atomic E-state index is 0.00432. The molecule has 0 aromatic heterocycles. The molecule has 0 aliphatic rings. The molecule has 28 heavy (non-hydrogen) atoms. The molecule has 2 amide bonds. The smallest absolute Gasteiger partial charge is 0.387 e. The highest BCUT2D eigenvalue weighted by Crippen LogP contribution is 2.29. The van der Waals surface area contributed by atoms with Gasteiger partial charge in [-0.3, -0.25) is 9.59 Å². The monoisotopic (exact) mass is 410 g/mol. The first-order chi connectivity index (χ1) is 13.5. The highest BCUT2D eigenvalue weighted by Gasteiger charge is 2.14. The maximum absolute atomic E-state index is 12.3. The van der Waals surface area contributed by atoms with E-state index >= 15 is 0 Å². The summed E-state index contributed by atoms with van der Waals surface area (Å²) in [5, 5.41) is 5.18. The van der Waals surface area contributed by atoms with Crippen LogP contribution in [0.4, 0.5) is 8.78 Å². The molecule has 0 aliphatic heterocycles. The number of halogens is 2. The average Bonchev–Trinajstić information content (AvgIpc) is 2.70. The van der Waals surface area contributed by atoms with Crippen LogP contribution in [0.3, 0.4) is 0 Å². The second-order valence-corrected chi connectivity index (χ2v) is 6.61. The van der Waals surface area contributed by atoms with Crippen LogP contribution < -0.4 is 20.1 Å². The minimum Gasteiger partial charge on any atom is -0.493 e. The van der Waals surface area contributed by atoms with E-state index in [0.717, 1.165) is 4.90 Å². The van der Waals surface area contributed by atoms with E-state index in [4.69, 9.17) is 4.74 Å². The summed E-state index contributed by atoms with van der Waals surface area (Å²) in [6.45, 7) is -2.74. The molecule has 2 rings (SSSR count). The Balaban J connectivity index is 1.75. The van der Waals surface area contributed by atoms with E-state index in [1.54, 1.807) is 11.8 Å².